The van der Waals surface area contributed by atoms with E-state index in [1.807, 2.05) is 18.2 Å². The molecule has 4 bridgehead atoms. The van der Waals surface area contributed by atoms with Gasteiger partial charge < -0.3 is 20.1 Å². The van der Waals surface area contributed by atoms with Crippen molar-refractivity contribution in [3.63, 3.8) is 0 Å². The van der Waals surface area contributed by atoms with E-state index in [0.717, 1.165) is 29.7 Å². The van der Waals surface area contributed by atoms with Gasteiger partial charge in [-0.05, 0) is 86.8 Å². The highest BCUT2D eigenvalue weighted by Gasteiger charge is 2.51. The van der Waals surface area contributed by atoms with Crippen LogP contribution < -0.4 is 20.1 Å². The molecule has 4 saturated carbocycles. The maximum Gasteiger partial charge on any atom is 0.220 e. The molecule has 0 aliphatic heterocycles. The van der Waals surface area contributed by atoms with Gasteiger partial charge in [0, 0.05) is 24.9 Å². The number of rotatable bonds is 10. The van der Waals surface area contributed by atoms with E-state index < -0.39 is 0 Å². The fraction of sp³-hybridized carbons (Fsp3) is 0.680. The first-order valence-electron chi connectivity index (χ1n) is 11.8. The predicted molar refractivity (Wildman–Crippen MR) is 119 cm³/mol. The van der Waals surface area contributed by atoms with Gasteiger partial charge in [0.1, 0.15) is 0 Å². The molecule has 4 aliphatic carbocycles. The van der Waals surface area contributed by atoms with Gasteiger partial charge in [-0.2, -0.15) is 0 Å². The van der Waals surface area contributed by atoms with E-state index in [2.05, 4.69) is 10.6 Å². The lowest BCUT2D eigenvalue weighted by molar-refractivity contribution is -0.127. The molecule has 170 valence electrons. The lowest BCUT2D eigenvalue weighted by Crippen LogP contribution is -2.59. The molecule has 0 atom stereocenters. The Bertz CT molecular complexity index is 771. The lowest BCUT2D eigenvalue weighted by Gasteiger charge is -2.56. The molecule has 0 radical (unpaired) electrons. The van der Waals surface area contributed by atoms with Gasteiger partial charge in [-0.3, -0.25) is 9.59 Å². The fourth-order valence-corrected chi connectivity index (χ4v) is 6.50. The maximum atomic E-state index is 12.6. The minimum Gasteiger partial charge on any atom is -0.493 e. The van der Waals surface area contributed by atoms with Crippen molar-refractivity contribution in [2.45, 2.75) is 69.7 Å². The van der Waals surface area contributed by atoms with E-state index in [1.165, 1.54) is 38.5 Å². The van der Waals surface area contributed by atoms with E-state index in [0.29, 0.717) is 37.3 Å². The second kappa shape index (κ2) is 9.49. The topological polar surface area (TPSA) is 76.7 Å². The molecule has 0 aromatic heterocycles. The molecule has 0 unspecified atom stereocenters. The Kier molecular flexibility index (Phi) is 6.73. The predicted octanol–water partition coefficient (Wildman–Crippen LogP) is 3.62. The number of benzene rings is 1. The number of ether oxygens (including phenoxy) is 2. The lowest BCUT2D eigenvalue weighted by atomic mass is 9.53. The molecule has 1 aromatic carbocycles. The molecule has 0 saturated heterocycles. The second-order valence-corrected chi connectivity index (χ2v) is 9.89. The van der Waals surface area contributed by atoms with Crippen molar-refractivity contribution in [2.24, 2.45) is 17.8 Å². The standard InChI is InChI=1S/C25H36N2O4/c1-30-21-7-6-17(13-22(21)31-2)8-9-26-23(28)4-3-5-24(29)27-25-14-18-10-19(15-25)12-20(11-18)16-25/h6-7,13,18-20H,3-5,8-12,14-16H2,1-2H3,(H,26,28)(H,27,29). The minimum atomic E-state index is 0.00285. The summed E-state index contributed by atoms with van der Waals surface area (Å²) in [6, 6.07) is 5.78. The van der Waals surface area contributed by atoms with Crippen LogP contribution in [0.4, 0.5) is 0 Å². The number of carbonyl (C=O) groups excluding carboxylic acids is 2. The third-order valence-corrected chi connectivity index (χ3v) is 7.43. The highest BCUT2D eigenvalue weighted by Crippen LogP contribution is 2.55. The molecule has 4 fully saturated rings. The van der Waals surface area contributed by atoms with Gasteiger partial charge in [0.25, 0.3) is 0 Å². The summed E-state index contributed by atoms with van der Waals surface area (Å²) in [5, 5.41) is 6.35. The Labute approximate surface area is 185 Å². The molecule has 6 heteroatoms. The van der Waals surface area contributed by atoms with Crippen molar-refractivity contribution in [2.75, 3.05) is 20.8 Å². The van der Waals surface area contributed by atoms with Crippen molar-refractivity contribution < 1.29 is 19.1 Å². The monoisotopic (exact) mass is 428 g/mol. The molecule has 2 amide bonds. The summed E-state index contributed by atoms with van der Waals surface area (Å²) in [7, 11) is 3.23. The molecule has 5 rings (SSSR count). The average Bonchev–Trinajstić information content (AvgIpc) is 2.72. The number of carbonyl (C=O) groups is 2. The third-order valence-electron chi connectivity index (χ3n) is 7.43. The van der Waals surface area contributed by atoms with E-state index in [9.17, 15) is 9.59 Å². The van der Waals surface area contributed by atoms with Crippen molar-refractivity contribution in [3.8, 4) is 11.5 Å². The summed E-state index contributed by atoms with van der Waals surface area (Å²) in [5.74, 6) is 3.98. The fourth-order valence-electron chi connectivity index (χ4n) is 6.50. The van der Waals surface area contributed by atoms with Gasteiger partial charge in [0.15, 0.2) is 11.5 Å². The summed E-state index contributed by atoms with van der Waals surface area (Å²) in [6.07, 6.45) is 9.77. The van der Waals surface area contributed by atoms with Gasteiger partial charge in [0.2, 0.25) is 11.8 Å². The molecule has 0 spiro atoms. The smallest absolute Gasteiger partial charge is 0.220 e. The van der Waals surface area contributed by atoms with Gasteiger partial charge in [-0.25, -0.2) is 0 Å². The minimum absolute atomic E-state index is 0.00285. The number of nitrogens with one attached hydrogen (secondary N) is 2. The van der Waals surface area contributed by atoms with Crippen LogP contribution in [0, 0.1) is 17.8 Å². The number of methoxy groups -OCH3 is 2. The second-order valence-electron chi connectivity index (χ2n) is 9.89. The van der Waals surface area contributed by atoms with Crippen molar-refractivity contribution in [1.82, 2.24) is 10.6 Å². The zero-order valence-electron chi connectivity index (χ0n) is 18.9. The first kappa shape index (κ1) is 22.0. The highest BCUT2D eigenvalue weighted by molar-refractivity contribution is 5.79. The molecular weight excluding hydrogens is 392 g/mol. The summed E-state index contributed by atoms with van der Waals surface area (Å²) in [6.45, 7) is 0.563. The number of hydrogen-bond acceptors (Lipinski definition) is 4. The van der Waals surface area contributed by atoms with Gasteiger partial charge in [0.05, 0.1) is 14.2 Å². The molecule has 2 N–H and O–H groups in total. The zero-order chi connectivity index (χ0) is 21.8. The highest BCUT2D eigenvalue weighted by atomic mass is 16.5. The molecule has 31 heavy (non-hydrogen) atoms. The Morgan fingerprint density at radius 1 is 0.935 bits per heavy atom. The number of hydrogen-bond donors (Lipinski definition) is 2. The SMILES string of the molecule is COc1ccc(CCNC(=O)CCCC(=O)NC23CC4CC(CC(C4)C2)C3)cc1OC. The van der Waals surface area contributed by atoms with Crippen LogP contribution in [0.15, 0.2) is 18.2 Å². The van der Waals surface area contributed by atoms with Crippen LogP contribution in [-0.2, 0) is 16.0 Å². The van der Waals surface area contributed by atoms with Crippen LogP contribution in [0.25, 0.3) is 0 Å². The third kappa shape index (κ3) is 5.34. The Morgan fingerprint density at radius 2 is 1.55 bits per heavy atom. The first-order chi connectivity index (χ1) is 15.0. The molecule has 0 heterocycles. The molecule has 1 aromatic rings. The Hall–Kier alpha value is -2.24. The van der Waals surface area contributed by atoms with E-state index in [1.54, 1.807) is 14.2 Å². The van der Waals surface area contributed by atoms with Crippen LogP contribution >= 0.6 is 0 Å². The van der Waals surface area contributed by atoms with Crippen molar-refractivity contribution in [1.29, 1.82) is 0 Å². The van der Waals surface area contributed by atoms with Crippen molar-refractivity contribution in [3.05, 3.63) is 23.8 Å². The van der Waals surface area contributed by atoms with Gasteiger partial charge in [-0.15, -0.1) is 0 Å². The van der Waals surface area contributed by atoms with E-state index >= 15 is 0 Å². The van der Waals surface area contributed by atoms with Gasteiger partial charge >= 0.3 is 0 Å². The van der Waals surface area contributed by atoms with Crippen LogP contribution in [0.5, 0.6) is 11.5 Å². The van der Waals surface area contributed by atoms with E-state index in [-0.39, 0.29) is 17.4 Å². The summed E-state index contributed by atoms with van der Waals surface area (Å²) >= 11 is 0. The maximum absolute atomic E-state index is 12.6. The summed E-state index contributed by atoms with van der Waals surface area (Å²) < 4.78 is 10.6. The average molecular weight is 429 g/mol. The Balaban J connectivity index is 1.13. The van der Waals surface area contributed by atoms with E-state index in [4.69, 9.17) is 9.47 Å². The molecule has 6 nitrogen and oxygen atoms in total. The molecule has 4 aliphatic rings. The summed E-state index contributed by atoms with van der Waals surface area (Å²) in [4.78, 5) is 24.7. The number of amides is 2. The largest absolute Gasteiger partial charge is 0.493 e. The normalized spacial score (nSPS) is 28.3. The van der Waals surface area contributed by atoms with Crippen LogP contribution in [0.1, 0.15) is 63.4 Å². The van der Waals surface area contributed by atoms with Gasteiger partial charge in [-0.1, -0.05) is 6.07 Å². The summed E-state index contributed by atoms with van der Waals surface area (Å²) in [5.41, 5.74) is 1.14. The van der Waals surface area contributed by atoms with Crippen molar-refractivity contribution >= 4 is 11.8 Å². The molecular formula is C25H36N2O4. The van der Waals surface area contributed by atoms with Crippen LogP contribution in [-0.4, -0.2) is 38.1 Å². The quantitative estimate of drug-likeness (QED) is 0.597. The van der Waals surface area contributed by atoms with Crippen LogP contribution in [0.3, 0.4) is 0 Å². The zero-order valence-corrected chi connectivity index (χ0v) is 18.9. The Morgan fingerprint density at radius 3 is 2.16 bits per heavy atom. The first-order valence-corrected chi connectivity index (χ1v) is 11.8. The van der Waals surface area contributed by atoms with Crippen LogP contribution in [0.2, 0.25) is 0 Å².